The van der Waals surface area contributed by atoms with Crippen LogP contribution in [0.5, 0.6) is 0 Å². The van der Waals surface area contributed by atoms with Crippen LogP contribution in [0.25, 0.3) is 0 Å². The van der Waals surface area contributed by atoms with Crippen LogP contribution >= 0.6 is 0 Å². The SMILES string of the molecule is CC(C)Cn1ccc(CC(C)C(C)C)cc1=O. The lowest BCUT2D eigenvalue weighted by Gasteiger charge is -2.16. The molecule has 0 aliphatic heterocycles. The number of pyridine rings is 1. The molecule has 2 heteroatoms. The molecule has 17 heavy (non-hydrogen) atoms. The van der Waals surface area contributed by atoms with Crippen LogP contribution < -0.4 is 5.56 Å². The van der Waals surface area contributed by atoms with Crippen LogP contribution in [0, 0.1) is 17.8 Å². The minimum atomic E-state index is 0.132. The largest absolute Gasteiger partial charge is 0.315 e. The van der Waals surface area contributed by atoms with Gasteiger partial charge in [0.2, 0.25) is 0 Å². The monoisotopic (exact) mass is 235 g/mol. The van der Waals surface area contributed by atoms with E-state index in [9.17, 15) is 4.79 Å². The standard InChI is InChI=1S/C15H25NO/c1-11(2)10-16-7-6-14(9-15(16)17)8-13(5)12(3)4/h6-7,9,11-13H,8,10H2,1-5H3. The predicted molar refractivity (Wildman–Crippen MR) is 73.2 cm³/mol. The number of nitrogens with zero attached hydrogens (tertiary/aromatic N) is 1. The lowest BCUT2D eigenvalue weighted by atomic mass is 9.91. The Balaban J connectivity index is 2.79. The zero-order valence-corrected chi connectivity index (χ0v) is 11.7. The summed E-state index contributed by atoms with van der Waals surface area (Å²) in [4.78, 5) is 11.9. The van der Waals surface area contributed by atoms with E-state index in [0.29, 0.717) is 17.8 Å². The number of rotatable bonds is 5. The predicted octanol–water partition coefficient (Wildman–Crippen LogP) is 3.34. The van der Waals surface area contributed by atoms with Crippen LogP contribution in [-0.4, -0.2) is 4.57 Å². The van der Waals surface area contributed by atoms with Crippen molar-refractivity contribution in [3.63, 3.8) is 0 Å². The van der Waals surface area contributed by atoms with Gasteiger partial charge in [0.05, 0.1) is 0 Å². The molecule has 0 saturated heterocycles. The van der Waals surface area contributed by atoms with Gasteiger partial charge in [-0.05, 0) is 35.8 Å². The highest BCUT2D eigenvalue weighted by Gasteiger charge is 2.09. The van der Waals surface area contributed by atoms with Crippen molar-refractivity contribution in [2.75, 3.05) is 0 Å². The van der Waals surface area contributed by atoms with Crippen LogP contribution in [0.15, 0.2) is 23.1 Å². The summed E-state index contributed by atoms with van der Waals surface area (Å²) in [5, 5.41) is 0. The van der Waals surface area contributed by atoms with Crippen molar-refractivity contribution in [1.82, 2.24) is 4.57 Å². The molecule has 0 aliphatic rings. The molecule has 0 bridgehead atoms. The fourth-order valence-electron chi connectivity index (χ4n) is 1.83. The minimum Gasteiger partial charge on any atom is -0.315 e. The summed E-state index contributed by atoms with van der Waals surface area (Å²) >= 11 is 0. The second-order valence-corrected chi connectivity index (χ2v) is 5.84. The van der Waals surface area contributed by atoms with Gasteiger partial charge >= 0.3 is 0 Å². The fraction of sp³-hybridized carbons (Fsp3) is 0.667. The summed E-state index contributed by atoms with van der Waals surface area (Å²) in [5.41, 5.74) is 1.29. The second-order valence-electron chi connectivity index (χ2n) is 5.84. The Kier molecular flexibility index (Phi) is 4.98. The summed E-state index contributed by atoms with van der Waals surface area (Å²) in [5.74, 6) is 1.79. The van der Waals surface area contributed by atoms with E-state index in [-0.39, 0.29) is 5.56 Å². The maximum Gasteiger partial charge on any atom is 0.250 e. The minimum absolute atomic E-state index is 0.132. The van der Waals surface area contributed by atoms with Gasteiger partial charge in [0.1, 0.15) is 0 Å². The molecule has 1 aromatic rings. The first kappa shape index (κ1) is 14.0. The Hall–Kier alpha value is -1.05. The molecule has 0 radical (unpaired) electrons. The molecule has 1 unspecified atom stereocenters. The van der Waals surface area contributed by atoms with Gasteiger partial charge in [-0.3, -0.25) is 4.79 Å². The topological polar surface area (TPSA) is 22.0 Å². The summed E-state index contributed by atoms with van der Waals surface area (Å²) in [6, 6.07) is 3.88. The van der Waals surface area contributed by atoms with E-state index in [4.69, 9.17) is 0 Å². The maximum absolute atomic E-state index is 11.9. The highest BCUT2D eigenvalue weighted by atomic mass is 16.1. The molecule has 96 valence electrons. The van der Waals surface area contributed by atoms with Crippen molar-refractivity contribution < 1.29 is 0 Å². The van der Waals surface area contributed by atoms with Crippen molar-refractivity contribution in [1.29, 1.82) is 0 Å². The first-order valence-electron chi connectivity index (χ1n) is 6.59. The van der Waals surface area contributed by atoms with E-state index >= 15 is 0 Å². The van der Waals surface area contributed by atoms with E-state index < -0.39 is 0 Å². The first-order chi connectivity index (χ1) is 7.90. The number of hydrogen-bond acceptors (Lipinski definition) is 1. The molecule has 1 atom stereocenters. The Morgan fingerprint density at radius 2 is 1.82 bits per heavy atom. The molecular weight excluding hydrogens is 210 g/mol. The van der Waals surface area contributed by atoms with Gasteiger partial charge in [-0.2, -0.15) is 0 Å². The molecular formula is C15H25NO. The molecule has 0 amide bonds. The van der Waals surface area contributed by atoms with Gasteiger partial charge in [0.15, 0.2) is 0 Å². The Morgan fingerprint density at radius 3 is 2.29 bits per heavy atom. The molecule has 0 saturated carbocycles. The van der Waals surface area contributed by atoms with Crippen LogP contribution in [0.1, 0.15) is 40.2 Å². The highest BCUT2D eigenvalue weighted by Crippen LogP contribution is 2.15. The lowest BCUT2D eigenvalue weighted by molar-refractivity contribution is 0.416. The Bertz CT molecular complexity index is 404. The summed E-state index contributed by atoms with van der Waals surface area (Å²) < 4.78 is 1.80. The van der Waals surface area contributed by atoms with Crippen molar-refractivity contribution in [2.24, 2.45) is 17.8 Å². The average molecular weight is 235 g/mol. The molecule has 1 heterocycles. The van der Waals surface area contributed by atoms with Crippen molar-refractivity contribution >= 4 is 0 Å². The third-order valence-corrected chi connectivity index (χ3v) is 3.32. The molecule has 0 spiro atoms. The summed E-state index contributed by atoms with van der Waals surface area (Å²) in [7, 11) is 0. The molecule has 1 aromatic heterocycles. The van der Waals surface area contributed by atoms with E-state index in [1.165, 1.54) is 0 Å². The lowest BCUT2D eigenvalue weighted by Crippen LogP contribution is -2.22. The zero-order valence-electron chi connectivity index (χ0n) is 11.7. The van der Waals surface area contributed by atoms with E-state index in [1.54, 1.807) is 10.6 Å². The molecule has 0 fully saturated rings. The molecule has 1 rings (SSSR count). The first-order valence-corrected chi connectivity index (χ1v) is 6.59. The quantitative estimate of drug-likeness (QED) is 0.767. The van der Waals surface area contributed by atoms with Crippen LogP contribution in [-0.2, 0) is 13.0 Å². The van der Waals surface area contributed by atoms with E-state index in [1.807, 2.05) is 6.20 Å². The highest BCUT2D eigenvalue weighted by molar-refractivity contribution is 5.11. The van der Waals surface area contributed by atoms with Gasteiger partial charge in [-0.25, -0.2) is 0 Å². The molecule has 0 aliphatic carbocycles. The number of aromatic nitrogens is 1. The molecule has 2 nitrogen and oxygen atoms in total. The van der Waals surface area contributed by atoms with Crippen molar-refractivity contribution in [3.05, 3.63) is 34.2 Å². The fourth-order valence-corrected chi connectivity index (χ4v) is 1.83. The summed E-state index contributed by atoms with van der Waals surface area (Å²) in [6.45, 7) is 11.8. The maximum atomic E-state index is 11.9. The van der Waals surface area contributed by atoms with Gasteiger partial charge in [0, 0.05) is 18.8 Å². The molecule has 0 N–H and O–H groups in total. The Morgan fingerprint density at radius 1 is 1.18 bits per heavy atom. The van der Waals surface area contributed by atoms with Crippen LogP contribution in [0.3, 0.4) is 0 Å². The van der Waals surface area contributed by atoms with Gasteiger partial charge in [-0.1, -0.05) is 34.6 Å². The molecule has 0 aromatic carbocycles. The van der Waals surface area contributed by atoms with Crippen molar-refractivity contribution in [2.45, 2.75) is 47.6 Å². The second kappa shape index (κ2) is 6.04. The normalized spacial score (nSPS) is 13.4. The number of hydrogen-bond donors (Lipinski definition) is 0. The van der Waals surface area contributed by atoms with Crippen molar-refractivity contribution in [3.8, 4) is 0 Å². The third kappa shape index (κ3) is 4.37. The third-order valence-electron chi connectivity index (χ3n) is 3.32. The zero-order chi connectivity index (χ0) is 13.0. The smallest absolute Gasteiger partial charge is 0.250 e. The Labute approximate surface area is 105 Å². The van der Waals surface area contributed by atoms with Gasteiger partial charge < -0.3 is 4.57 Å². The van der Waals surface area contributed by atoms with Gasteiger partial charge in [0.25, 0.3) is 5.56 Å². The van der Waals surface area contributed by atoms with Crippen LogP contribution in [0.2, 0.25) is 0 Å². The van der Waals surface area contributed by atoms with Crippen LogP contribution in [0.4, 0.5) is 0 Å². The van der Waals surface area contributed by atoms with E-state index in [0.717, 1.165) is 18.5 Å². The van der Waals surface area contributed by atoms with Gasteiger partial charge in [-0.15, -0.1) is 0 Å². The average Bonchev–Trinajstić information content (AvgIpc) is 2.21. The summed E-state index contributed by atoms with van der Waals surface area (Å²) in [6.07, 6.45) is 2.93. The van der Waals surface area contributed by atoms with E-state index in [2.05, 4.69) is 40.7 Å².